The molecule has 0 bridgehead atoms. The van der Waals surface area contributed by atoms with Crippen LogP contribution in [0.15, 0.2) is 18.2 Å². The van der Waals surface area contributed by atoms with Crippen LogP contribution in [0.3, 0.4) is 0 Å². The summed E-state index contributed by atoms with van der Waals surface area (Å²) in [7, 11) is 1.74. The number of amides is 1. The van der Waals surface area contributed by atoms with Gasteiger partial charge >= 0.3 is 0 Å². The molecular formula is C18H28N2O2. The minimum Gasteiger partial charge on any atom is -0.384 e. The van der Waals surface area contributed by atoms with Crippen molar-refractivity contribution in [2.45, 2.75) is 33.1 Å². The molecule has 22 heavy (non-hydrogen) atoms. The molecular weight excluding hydrogens is 276 g/mol. The lowest BCUT2D eigenvalue weighted by Gasteiger charge is -2.19. The maximum atomic E-state index is 12.4. The summed E-state index contributed by atoms with van der Waals surface area (Å²) in [5.41, 5.74) is 3.31. The van der Waals surface area contributed by atoms with Crippen LogP contribution in [0.2, 0.25) is 0 Å². The monoisotopic (exact) mass is 304 g/mol. The van der Waals surface area contributed by atoms with Crippen molar-refractivity contribution in [3.8, 4) is 0 Å². The molecule has 2 rings (SSSR count). The van der Waals surface area contributed by atoms with Gasteiger partial charge in [-0.15, -0.1) is 0 Å². The highest BCUT2D eigenvalue weighted by atomic mass is 16.5. The van der Waals surface area contributed by atoms with Crippen molar-refractivity contribution in [1.29, 1.82) is 0 Å². The van der Waals surface area contributed by atoms with Crippen molar-refractivity contribution >= 4 is 11.6 Å². The maximum Gasteiger partial charge on any atom is 0.238 e. The van der Waals surface area contributed by atoms with Crippen molar-refractivity contribution in [2.75, 3.05) is 38.7 Å². The quantitative estimate of drug-likeness (QED) is 0.878. The summed E-state index contributed by atoms with van der Waals surface area (Å²) in [6.45, 7) is 9.53. The molecule has 1 heterocycles. The van der Waals surface area contributed by atoms with E-state index in [1.807, 2.05) is 13.0 Å². The third-order valence-electron chi connectivity index (χ3n) is 4.33. The third-order valence-corrected chi connectivity index (χ3v) is 4.33. The zero-order valence-electron chi connectivity index (χ0n) is 14.2. The first-order valence-electron chi connectivity index (χ1n) is 8.12. The number of likely N-dealkylation sites (tertiary alicyclic amines) is 1. The molecule has 0 spiro atoms. The Hall–Kier alpha value is -1.39. The van der Waals surface area contributed by atoms with Gasteiger partial charge in [0.25, 0.3) is 0 Å². The average Bonchev–Trinajstić information content (AvgIpc) is 2.88. The van der Waals surface area contributed by atoms with Crippen molar-refractivity contribution in [3.63, 3.8) is 0 Å². The van der Waals surface area contributed by atoms with E-state index in [0.29, 0.717) is 18.4 Å². The summed E-state index contributed by atoms with van der Waals surface area (Å²) < 4.78 is 5.21. The number of hydrogen-bond acceptors (Lipinski definition) is 3. The molecule has 0 aromatic heterocycles. The molecule has 122 valence electrons. The Kier molecular flexibility index (Phi) is 5.98. The van der Waals surface area contributed by atoms with Gasteiger partial charge in [-0.05, 0) is 42.9 Å². The first-order valence-corrected chi connectivity index (χ1v) is 8.12. The number of nitrogens with one attached hydrogen (secondary N) is 1. The lowest BCUT2D eigenvalue weighted by molar-refractivity contribution is -0.117. The van der Waals surface area contributed by atoms with Crippen molar-refractivity contribution in [2.24, 2.45) is 5.92 Å². The largest absolute Gasteiger partial charge is 0.384 e. The molecule has 1 aliphatic rings. The topological polar surface area (TPSA) is 41.6 Å². The number of carbonyl (C=O) groups is 1. The summed E-state index contributed by atoms with van der Waals surface area (Å²) in [5.74, 6) is 1.03. The maximum absolute atomic E-state index is 12.4. The zero-order chi connectivity index (χ0) is 16.1. The molecule has 1 amide bonds. The Morgan fingerprint density at radius 1 is 1.45 bits per heavy atom. The van der Waals surface area contributed by atoms with Crippen molar-refractivity contribution in [3.05, 3.63) is 29.3 Å². The molecule has 4 heteroatoms. The molecule has 0 saturated carbocycles. The van der Waals surface area contributed by atoms with Crippen LogP contribution < -0.4 is 5.32 Å². The summed E-state index contributed by atoms with van der Waals surface area (Å²) in [4.78, 5) is 14.6. The van der Waals surface area contributed by atoms with Gasteiger partial charge in [0.05, 0.1) is 13.2 Å². The standard InChI is InChI=1S/C18H28N2O2/c1-13(2)16-7-5-6-14(3)18(16)19-17(21)11-20-9-8-15(10-20)12-22-4/h5-7,13,15H,8-12H2,1-4H3,(H,19,21). The predicted molar refractivity (Wildman–Crippen MR) is 90.3 cm³/mol. The van der Waals surface area contributed by atoms with Gasteiger partial charge in [0, 0.05) is 19.3 Å². The van der Waals surface area contributed by atoms with Crippen LogP contribution in [0.1, 0.15) is 37.3 Å². The SMILES string of the molecule is COCC1CCN(CC(=O)Nc2c(C)cccc2C(C)C)C1. The average molecular weight is 304 g/mol. The molecule has 1 fully saturated rings. The molecule has 0 aliphatic carbocycles. The zero-order valence-corrected chi connectivity index (χ0v) is 14.2. The molecule has 1 aromatic carbocycles. The lowest BCUT2D eigenvalue weighted by atomic mass is 9.98. The van der Waals surface area contributed by atoms with Crippen LogP contribution in [-0.2, 0) is 9.53 Å². The highest BCUT2D eigenvalue weighted by Crippen LogP contribution is 2.27. The number of anilines is 1. The molecule has 1 atom stereocenters. The number of carbonyl (C=O) groups excluding carboxylic acids is 1. The molecule has 1 saturated heterocycles. The lowest BCUT2D eigenvalue weighted by Crippen LogP contribution is -2.32. The highest BCUT2D eigenvalue weighted by molar-refractivity contribution is 5.94. The Balaban J connectivity index is 1.96. The van der Waals surface area contributed by atoms with E-state index in [2.05, 4.69) is 36.2 Å². The van der Waals surface area contributed by atoms with Gasteiger partial charge < -0.3 is 10.1 Å². The highest BCUT2D eigenvalue weighted by Gasteiger charge is 2.24. The molecule has 4 nitrogen and oxygen atoms in total. The van der Waals surface area contributed by atoms with Crippen LogP contribution in [-0.4, -0.2) is 44.2 Å². The first kappa shape index (κ1) is 17.0. The number of benzene rings is 1. The number of aryl methyl sites for hydroxylation is 1. The number of rotatable bonds is 6. The van der Waals surface area contributed by atoms with Crippen LogP contribution >= 0.6 is 0 Å². The molecule has 1 aromatic rings. The molecule has 1 aliphatic heterocycles. The van der Waals surface area contributed by atoms with E-state index in [1.54, 1.807) is 7.11 Å². The number of nitrogens with zero attached hydrogens (tertiary/aromatic N) is 1. The molecule has 1 unspecified atom stereocenters. The van der Waals surface area contributed by atoms with Crippen molar-refractivity contribution in [1.82, 2.24) is 4.90 Å². The van der Waals surface area contributed by atoms with E-state index < -0.39 is 0 Å². The van der Waals surface area contributed by atoms with Crippen LogP contribution in [0.4, 0.5) is 5.69 Å². The van der Waals surface area contributed by atoms with Crippen LogP contribution in [0.25, 0.3) is 0 Å². The van der Waals surface area contributed by atoms with Gasteiger partial charge in [0.2, 0.25) is 5.91 Å². The Morgan fingerprint density at radius 2 is 2.23 bits per heavy atom. The van der Waals surface area contributed by atoms with Crippen LogP contribution in [0, 0.1) is 12.8 Å². The molecule has 1 N–H and O–H groups in total. The second-order valence-electron chi connectivity index (χ2n) is 6.59. The fraction of sp³-hybridized carbons (Fsp3) is 0.611. The number of methoxy groups -OCH3 is 1. The van der Waals surface area contributed by atoms with E-state index in [0.717, 1.165) is 37.4 Å². The predicted octanol–water partition coefficient (Wildman–Crippen LogP) is 3.03. The van der Waals surface area contributed by atoms with E-state index >= 15 is 0 Å². The van der Waals surface area contributed by atoms with Crippen molar-refractivity contribution < 1.29 is 9.53 Å². The second-order valence-corrected chi connectivity index (χ2v) is 6.59. The van der Waals surface area contributed by atoms with E-state index in [4.69, 9.17) is 4.74 Å². The third kappa shape index (κ3) is 4.31. The Labute approximate surface area is 133 Å². The fourth-order valence-corrected chi connectivity index (χ4v) is 3.15. The molecule has 0 radical (unpaired) electrons. The van der Waals surface area contributed by atoms with Gasteiger partial charge in [-0.1, -0.05) is 32.0 Å². The van der Waals surface area contributed by atoms with Gasteiger partial charge in [-0.3, -0.25) is 9.69 Å². The van der Waals surface area contributed by atoms with E-state index in [-0.39, 0.29) is 5.91 Å². The summed E-state index contributed by atoms with van der Waals surface area (Å²) in [5, 5.41) is 3.12. The minimum absolute atomic E-state index is 0.0780. The number of hydrogen-bond donors (Lipinski definition) is 1. The van der Waals surface area contributed by atoms with E-state index in [9.17, 15) is 4.79 Å². The second kappa shape index (κ2) is 7.75. The minimum atomic E-state index is 0.0780. The fourth-order valence-electron chi connectivity index (χ4n) is 3.15. The van der Waals surface area contributed by atoms with Gasteiger partial charge in [0.1, 0.15) is 0 Å². The summed E-state index contributed by atoms with van der Waals surface area (Å²) in [6.07, 6.45) is 1.11. The van der Waals surface area contributed by atoms with Gasteiger partial charge in [-0.25, -0.2) is 0 Å². The van der Waals surface area contributed by atoms with Gasteiger partial charge in [0.15, 0.2) is 0 Å². The normalized spacial score (nSPS) is 18.9. The van der Waals surface area contributed by atoms with Crippen LogP contribution in [0.5, 0.6) is 0 Å². The van der Waals surface area contributed by atoms with Gasteiger partial charge in [-0.2, -0.15) is 0 Å². The first-order chi connectivity index (χ1) is 10.5. The summed E-state index contributed by atoms with van der Waals surface area (Å²) in [6, 6.07) is 6.19. The number of para-hydroxylation sites is 1. The Bertz CT molecular complexity index is 514. The van der Waals surface area contributed by atoms with E-state index in [1.165, 1.54) is 5.56 Å². The summed E-state index contributed by atoms with van der Waals surface area (Å²) >= 11 is 0. The smallest absolute Gasteiger partial charge is 0.238 e. The Morgan fingerprint density at radius 3 is 2.91 bits per heavy atom. The number of ether oxygens (including phenoxy) is 1.